The topological polar surface area (TPSA) is 104 Å². The second kappa shape index (κ2) is 5.06. The highest BCUT2D eigenvalue weighted by molar-refractivity contribution is 5.58. The largest absolute Gasteiger partial charge is 0.361 e. The van der Waals surface area contributed by atoms with Crippen molar-refractivity contribution >= 4 is 11.5 Å². The Hall–Kier alpha value is -2.20. The molecule has 7 heteroatoms. The zero-order chi connectivity index (χ0) is 14.1. The van der Waals surface area contributed by atoms with Gasteiger partial charge in [-0.2, -0.15) is 5.26 Å². The van der Waals surface area contributed by atoms with Crippen molar-refractivity contribution in [3.8, 4) is 6.07 Å². The predicted octanol–water partition coefficient (Wildman–Crippen LogP) is 1.56. The molecule has 3 heterocycles. The maximum Gasteiger partial charge on any atom is 0.312 e. The first kappa shape index (κ1) is 12.8. The lowest BCUT2D eigenvalue weighted by atomic mass is 10.00. The van der Waals surface area contributed by atoms with Crippen LogP contribution in [0.15, 0.2) is 12.3 Å². The zero-order valence-electron chi connectivity index (χ0n) is 10.9. The van der Waals surface area contributed by atoms with E-state index in [-0.39, 0.29) is 23.1 Å². The Kier molecular flexibility index (Phi) is 3.24. The van der Waals surface area contributed by atoms with E-state index < -0.39 is 4.92 Å². The minimum atomic E-state index is -0.494. The van der Waals surface area contributed by atoms with Gasteiger partial charge in [-0.3, -0.25) is 10.1 Å². The van der Waals surface area contributed by atoms with Gasteiger partial charge in [-0.1, -0.05) is 0 Å². The molecule has 2 aliphatic heterocycles. The number of aromatic nitrogens is 1. The Morgan fingerprint density at radius 3 is 2.75 bits per heavy atom. The number of nitro groups is 1. The van der Waals surface area contributed by atoms with E-state index in [2.05, 4.69) is 15.6 Å². The summed E-state index contributed by atoms with van der Waals surface area (Å²) in [5, 5.41) is 26.6. The van der Waals surface area contributed by atoms with E-state index in [1.165, 1.54) is 25.1 Å². The van der Waals surface area contributed by atoms with Crippen molar-refractivity contribution in [2.45, 2.75) is 43.8 Å². The summed E-state index contributed by atoms with van der Waals surface area (Å²) in [5.41, 5.74) is 0.0718. The third-order valence-electron chi connectivity index (χ3n) is 4.01. The maximum absolute atomic E-state index is 11.1. The van der Waals surface area contributed by atoms with Gasteiger partial charge >= 0.3 is 5.69 Å². The summed E-state index contributed by atoms with van der Waals surface area (Å²) in [6, 6.07) is 4.35. The molecule has 2 fully saturated rings. The van der Waals surface area contributed by atoms with Gasteiger partial charge in [-0.05, 0) is 25.7 Å². The van der Waals surface area contributed by atoms with Crippen LogP contribution >= 0.6 is 0 Å². The third kappa shape index (κ3) is 2.42. The van der Waals surface area contributed by atoms with Crippen LogP contribution in [0.5, 0.6) is 0 Å². The number of nitrogens with zero attached hydrogens (tertiary/aromatic N) is 3. The molecule has 1 aromatic rings. The molecule has 0 aliphatic carbocycles. The summed E-state index contributed by atoms with van der Waals surface area (Å²) in [6.07, 6.45) is 5.62. The lowest BCUT2D eigenvalue weighted by Gasteiger charge is -2.29. The first-order chi connectivity index (χ1) is 9.65. The molecule has 0 radical (unpaired) electrons. The molecule has 2 N–H and O–H groups in total. The molecule has 2 bridgehead atoms. The molecule has 0 amide bonds. The SMILES string of the molecule is N#Cc1cnc(NC2CC3CCC(C2)N3)c([N+](=O)[O-])c1. The van der Waals surface area contributed by atoms with E-state index in [1.807, 2.05) is 6.07 Å². The molecule has 104 valence electrons. The van der Waals surface area contributed by atoms with Crippen LogP contribution in [0.2, 0.25) is 0 Å². The number of anilines is 1. The summed E-state index contributed by atoms with van der Waals surface area (Å²) < 4.78 is 0. The normalized spacial score (nSPS) is 27.9. The second-order valence-electron chi connectivity index (χ2n) is 5.41. The van der Waals surface area contributed by atoms with Crippen molar-refractivity contribution in [2.24, 2.45) is 0 Å². The van der Waals surface area contributed by atoms with E-state index in [9.17, 15) is 10.1 Å². The van der Waals surface area contributed by atoms with Gasteiger partial charge in [-0.15, -0.1) is 0 Å². The molecule has 0 aromatic carbocycles. The Labute approximate surface area is 116 Å². The van der Waals surface area contributed by atoms with Crippen molar-refractivity contribution in [1.82, 2.24) is 10.3 Å². The third-order valence-corrected chi connectivity index (χ3v) is 4.01. The molecule has 0 saturated carbocycles. The molecule has 2 aliphatic rings. The lowest BCUT2D eigenvalue weighted by Crippen LogP contribution is -2.43. The monoisotopic (exact) mass is 273 g/mol. The molecule has 7 nitrogen and oxygen atoms in total. The van der Waals surface area contributed by atoms with Gasteiger partial charge < -0.3 is 10.6 Å². The van der Waals surface area contributed by atoms with E-state index >= 15 is 0 Å². The predicted molar refractivity (Wildman–Crippen MR) is 72.2 cm³/mol. The summed E-state index contributed by atoms with van der Waals surface area (Å²) in [4.78, 5) is 14.6. The zero-order valence-corrected chi connectivity index (χ0v) is 10.9. The average Bonchev–Trinajstić information content (AvgIpc) is 2.78. The fourth-order valence-electron chi connectivity index (χ4n) is 3.13. The van der Waals surface area contributed by atoms with Crippen LogP contribution in [0.1, 0.15) is 31.2 Å². The van der Waals surface area contributed by atoms with Gasteiger partial charge in [0.05, 0.1) is 10.5 Å². The fraction of sp³-hybridized carbons (Fsp3) is 0.538. The summed E-state index contributed by atoms with van der Waals surface area (Å²) in [5.74, 6) is 0.264. The molecular formula is C13H15N5O2. The van der Waals surface area contributed by atoms with Crippen LogP contribution in [0.4, 0.5) is 11.5 Å². The molecule has 20 heavy (non-hydrogen) atoms. The summed E-state index contributed by atoms with van der Waals surface area (Å²) in [6.45, 7) is 0. The second-order valence-corrected chi connectivity index (χ2v) is 5.41. The molecule has 2 atom stereocenters. The molecule has 2 saturated heterocycles. The van der Waals surface area contributed by atoms with E-state index in [1.54, 1.807) is 0 Å². The number of nitriles is 1. The Morgan fingerprint density at radius 2 is 2.15 bits per heavy atom. The van der Waals surface area contributed by atoms with Gasteiger partial charge in [0.15, 0.2) is 0 Å². The van der Waals surface area contributed by atoms with Gasteiger partial charge in [0.2, 0.25) is 5.82 Å². The Balaban J connectivity index is 1.80. The van der Waals surface area contributed by atoms with Gasteiger partial charge in [0.25, 0.3) is 0 Å². The van der Waals surface area contributed by atoms with Gasteiger partial charge in [0.1, 0.15) is 6.07 Å². The van der Waals surface area contributed by atoms with E-state index in [0.717, 1.165) is 12.8 Å². The van der Waals surface area contributed by atoms with Crippen LogP contribution in [-0.4, -0.2) is 28.0 Å². The fourth-order valence-corrected chi connectivity index (χ4v) is 3.13. The van der Waals surface area contributed by atoms with Crippen molar-refractivity contribution < 1.29 is 4.92 Å². The standard InChI is InChI=1S/C13H15N5O2/c14-6-8-3-12(18(19)20)13(15-7-8)17-11-4-9-1-2-10(5-11)16-9/h3,7,9-11,16H,1-2,4-5H2,(H,15,17). The smallest absolute Gasteiger partial charge is 0.312 e. The number of piperidine rings is 1. The summed E-state index contributed by atoms with van der Waals surface area (Å²) >= 11 is 0. The van der Waals surface area contributed by atoms with Crippen molar-refractivity contribution in [1.29, 1.82) is 5.26 Å². The Bertz CT molecular complexity index is 571. The van der Waals surface area contributed by atoms with Gasteiger partial charge in [0, 0.05) is 30.4 Å². The number of fused-ring (bicyclic) bond motifs is 2. The highest BCUT2D eigenvalue weighted by atomic mass is 16.6. The molecule has 3 rings (SSSR count). The summed E-state index contributed by atoms with van der Waals surface area (Å²) in [7, 11) is 0. The van der Waals surface area contributed by atoms with Crippen molar-refractivity contribution in [3.63, 3.8) is 0 Å². The first-order valence-electron chi connectivity index (χ1n) is 6.73. The minimum absolute atomic E-state index is 0.130. The van der Waals surface area contributed by atoms with Crippen LogP contribution in [0, 0.1) is 21.4 Å². The average molecular weight is 273 g/mol. The van der Waals surface area contributed by atoms with Crippen LogP contribution < -0.4 is 10.6 Å². The van der Waals surface area contributed by atoms with Crippen LogP contribution in [0.25, 0.3) is 0 Å². The van der Waals surface area contributed by atoms with Crippen LogP contribution in [0.3, 0.4) is 0 Å². The number of pyridine rings is 1. The van der Waals surface area contributed by atoms with E-state index in [0.29, 0.717) is 12.1 Å². The van der Waals surface area contributed by atoms with E-state index in [4.69, 9.17) is 5.26 Å². The highest BCUT2D eigenvalue weighted by Gasteiger charge is 2.34. The Morgan fingerprint density at radius 1 is 1.45 bits per heavy atom. The highest BCUT2D eigenvalue weighted by Crippen LogP contribution is 2.30. The molecule has 1 aromatic heterocycles. The molecule has 0 spiro atoms. The number of hydrogen-bond acceptors (Lipinski definition) is 6. The van der Waals surface area contributed by atoms with Crippen molar-refractivity contribution in [3.05, 3.63) is 27.9 Å². The number of hydrogen-bond donors (Lipinski definition) is 2. The van der Waals surface area contributed by atoms with Gasteiger partial charge in [-0.25, -0.2) is 4.98 Å². The molecular weight excluding hydrogens is 258 g/mol. The number of nitrogens with one attached hydrogen (secondary N) is 2. The molecule has 2 unspecified atom stereocenters. The number of rotatable bonds is 3. The maximum atomic E-state index is 11.1. The minimum Gasteiger partial charge on any atom is -0.361 e. The quantitative estimate of drug-likeness (QED) is 0.639. The lowest BCUT2D eigenvalue weighted by molar-refractivity contribution is -0.384. The first-order valence-corrected chi connectivity index (χ1v) is 6.73. The van der Waals surface area contributed by atoms with Crippen molar-refractivity contribution in [2.75, 3.05) is 5.32 Å². The van der Waals surface area contributed by atoms with Crippen LogP contribution in [-0.2, 0) is 0 Å².